The van der Waals surface area contributed by atoms with Crippen LogP contribution < -0.4 is 14.9 Å². The standard InChI is InChI=1S/C18H16ClN3OS2/c1-23-15-8-6-14(7-9-15)20-17(24)21-18-22(10-11-25-18)12-13-4-2-3-5-16(13)19/h2-11H,12H2,1H3,(H,20,24)/b21-18-. The van der Waals surface area contributed by atoms with Crippen LogP contribution in [0.1, 0.15) is 5.56 Å². The molecule has 7 heteroatoms. The average Bonchev–Trinajstić information content (AvgIpc) is 3.04. The van der Waals surface area contributed by atoms with E-state index in [4.69, 9.17) is 28.6 Å². The molecule has 0 unspecified atom stereocenters. The summed E-state index contributed by atoms with van der Waals surface area (Å²) in [6.45, 7) is 0.646. The molecule has 0 amide bonds. The van der Waals surface area contributed by atoms with Gasteiger partial charge in [0.05, 0.1) is 13.7 Å². The minimum Gasteiger partial charge on any atom is -0.497 e. The van der Waals surface area contributed by atoms with Crippen molar-refractivity contribution in [1.82, 2.24) is 4.57 Å². The van der Waals surface area contributed by atoms with Crippen molar-refractivity contribution in [2.24, 2.45) is 4.99 Å². The number of nitrogens with zero attached hydrogens (tertiary/aromatic N) is 2. The second-order valence-electron chi connectivity index (χ2n) is 5.18. The van der Waals surface area contributed by atoms with Crippen molar-refractivity contribution >= 4 is 46.0 Å². The first-order chi connectivity index (χ1) is 12.2. The molecule has 0 radical (unpaired) electrons. The van der Waals surface area contributed by atoms with E-state index in [0.29, 0.717) is 11.7 Å². The first-order valence-electron chi connectivity index (χ1n) is 7.53. The normalized spacial score (nSPS) is 11.4. The fourth-order valence-corrected chi connectivity index (χ4v) is 3.42. The average molecular weight is 390 g/mol. The Hall–Kier alpha value is -2.15. The zero-order valence-corrected chi connectivity index (χ0v) is 15.9. The molecule has 0 aliphatic heterocycles. The maximum atomic E-state index is 6.24. The summed E-state index contributed by atoms with van der Waals surface area (Å²) in [4.78, 5) is 5.32. The van der Waals surface area contributed by atoms with Gasteiger partial charge < -0.3 is 14.6 Å². The lowest BCUT2D eigenvalue weighted by Gasteiger charge is -2.07. The van der Waals surface area contributed by atoms with E-state index in [2.05, 4.69) is 10.3 Å². The summed E-state index contributed by atoms with van der Waals surface area (Å²) in [5.41, 5.74) is 1.90. The third kappa shape index (κ3) is 4.69. The number of hydrogen-bond acceptors (Lipinski definition) is 3. The number of hydrogen-bond donors (Lipinski definition) is 1. The highest BCUT2D eigenvalue weighted by atomic mass is 35.5. The third-order valence-corrected chi connectivity index (χ3v) is 4.85. The van der Waals surface area contributed by atoms with Crippen LogP contribution in [0.4, 0.5) is 5.69 Å². The number of halogens is 1. The van der Waals surface area contributed by atoms with Crippen LogP contribution in [-0.2, 0) is 6.54 Å². The van der Waals surface area contributed by atoms with Crippen LogP contribution in [0.25, 0.3) is 0 Å². The van der Waals surface area contributed by atoms with Crippen LogP contribution in [0, 0.1) is 0 Å². The Labute approximate surface area is 160 Å². The minimum absolute atomic E-state index is 0.403. The van der Waals surface area contributed by atoms with Gasteiger partial charge in [-0.3, -0.25) is 0 Å². The van der Waals surface area contributed by atoms with Crippen LogP contribution in [0.15, 0.2) is 65.1 Å². The largest absolute Gasteiger partial charge is 0.497 e. The number of rotatable bonds is 4. The van der Waals surface area contributed by atoms with E-state index in [-0.39, 0.29) is 0 Å². The van der Waals surface area contributed by atoms with E-state index in [1.165, 1.54) is 11.3 Å². The second-order valence-corrected chi connectivity index (χ2v) is 6.84. The summed E-state index contributed by atoms with van der Waals surface area (Å²) in [5, 5.41) is 6.23. The first kappa shape index (κ1) is 17.7. The van der Waals surface area contributed by atoms with Crippen molar-refractivity contribution in [3.8, 4) is 5.75 Å². The Bertz CT molecular complexity index is 932. The lowest BCUT2D eigenvalue weighted by Crippen LogP contribution is -2.19. The summed E-state index contributed by atoms with van der Waals surface area (Å²) >= 11 is 13.1. The van der Waals surface area contributed by atoms with Crippen molar-refractivity contribution in [1.29, 1.82) is 0 Å². The molecule has 1 heterocycles. The van der Waals surface area contributed by atoms with Gasteiger partial charge in [-0.15, -0.1) is 11.3 Å². The van der Waals surface area contributed by atoms with Gasteiger partial charge in [-0.05, 0) is 48.1 Å². The van der Waals surface area contributed by atoms with E-state index < -0.39 is 0 Å². The summed E-state index contributed by atoms with van der Waals surface area (Å²) in [5.74, 6) is 0.796. The molecule has 3 aromatic rings. The molecule has 0 bridgehead atoms. The molecule has 25 heavy (non-hydrogen) atoms. The van der Waals surface area contributed by atoms with E-state index in [1.54, 1.807) is 7.11 Å². The van der Waals surface area contributed by atoms with E-state index >= 15 is 0 Å². The first-order valence-corrected chi connectivity index (χ1v) is 9.19. The Morgan fingerprint density at radius 2 is 2.00 bits per heavy atom. The zero-order valence-electron chi connectivity index (χ0n) is 13.5. The van der Waals surface area contributed by atoms with Gasteiger partial charge >= 0.3 is 0 Å². The molecule has 0 fully saturated rings. The molecule has 0 aliphatic rings. The molecule has 0 atom stereocenters. The number of anilines is 1. The highest BCUT2D eigenvalue weighted by molar-refractivity contribution is 7.80. The minimum atomic E-state index is 0.403. The number of nitrogens with one attached hydrogen (secondary N) is 1. The smallest absolute Gasteiger partial charge is 0.199 e. The van der Waals surface area contributed by atoms with Crippen molar-refractivity contribution < 1.29 is 4.74 Å². The van der Waals surface area contributed by atoms with E-state index in [9.17, 15) is 0 Å². The lowest BCUT2D eigenvalue weighted by molar-refractivity contribution is 0.415. The molecule has 1 N–H and O–H groups in total. The van der Waals surface area contributed by atoms with Gasteiger partial charge in [0, 0.05) is 22.3 Å². The second kappa shape index (κ2) is 8.29. The monoisotopic (exact) mass is 389 g/mol. The predicted molar refractivity (Wildman–Crippen MR) is 108 cm³/mol. The summed E-state index contributed by atoms with van der Waals surface area (Å²) in [6, 6.07) is 15.3. The molecule has 0 saturated heterocycles. The van der Waals surface area contributed by atoms with Crippen molar-refractivity contribution in [2.45, 2.75) is 6.54 Å². The maximum Gasteiger partial charge on any atom is 0.199 e. The number of aromatic nitrogens is 1. The zero-order chi connectivity index (χ0) is 17.6. The lowest BCUT2D eigenvalue weighted by atomic mass is 10.2. The molecule has 4 nitrogen and oxygen atoms in total. The fraction of sp³-hybridized carbons (Fsp3) is 0.111. The van der Waals surface area contributed by atoms with Gasteiger partial charge in [0.15, 0.2) is 9.91 Å². The number of benzene rings is 2. The van der Waals surface area contributed by atoms with Gasteiger partial charge in [0.2, 0.25) is 0 Å². The number of ether oxygens (including phenoxy) is 1. The van der Waals surface area contributed by atoms with Crippen molar-refractivity contribution in [2.75, 3.05) is 12.4 Å². The topological polar surface area (TPSA) is 38.5 Å². The van der Waals surface area contributed by atoms with Crippen LogP contribution in [0.3, 0.4) is 0 Å². The van der Waals surface area contributed by atoms with Crippen molar-refractivity contribution in [3.05, 3.63) is 75.5 Å². The molecule has 0 aliphatic carbocycles. The Balaban J connectivity index is 1.76. The fourth-order valence-electron chi connectivity index (χ4n) is 2.23. The Kier molecular flexibility index (Phi) is 5.86. The SMILES string of the molecule is COc1ccc(NC(=S)/N=c2\sccn2Cc2ccccc2Cl)cc1. The summed E-state index contributed by atoms with van der Waals surface area (Å²) < 4.78 is 7.17. The molecule has 2 aromatic carbocycles. The van der Waals surface area contributed by atoms with E-state index in [0.717, 1.165) is 26.8 Å². The summed E-state index contributed by atoms with van der Waals surface area (Å²) in [7, 11) is 1.64. The quantitative estimate of drug-likeness (QED) is 0.665. The maximum absolute atomic E-state index is 6.24. The molecule has 1 aromatic heterocycles. The van der Waals surface area contributed by atoms with Crippen LogP contribution in [-0.4, -0.2) is 16.8 Å². The molecule has 0 spiro atoms. The van der Waals surface area contributed by atoms with Gasteiger partial charge in [0.1, 0.15) is 5.75 Å². The number of methoxy groups -OCH3 is 1. The number of thiazole rings is 1. The molecular formula is C18H16ClN3OS2. The Morgan fingerprint density at radius 1 is 1.24 bits per heavy atom. The van der Waals surface area contributed by atoms with Crippen LogP contribution in [0.5, 0.6) is 5.75 Å². The van der Waals surface area contributed by atoms with Gasteiger partial charge in [-0.2, -0.15) is 4.99 Å². The summed E-state index contributed by atoms with van der Waals surface area (Å²) in [6.07, 6.45) is 1.98. The highest BCUT2D eigenvalue weighted by Crippen LogP contribution is 2.16. The van der Waals surface area contributed by atoms with Crippen LogP contribution in [0.2, 0.25) is 5.02 Å². The third-order valence-electron chi connectivity index (χ3n) is 3.50. The highest BCUT2D eigenvalue weighted by Gasteiger charge is 2.03. The molecule has 3 rings (SSSR count). The van der Waals surface area contributed by atoms with Crippen molar-refractivity contribution in [3.63, 3.8) is 0 Å². The molecular weight excluding hydrogens is 374 g/mol. The predicted octanol–water partition coefficient (Wildman–Crippen LogP) is 4.56. The molecule has 0 saturated carbocycles. The Morgan fingerprint density at radius 3 is 2.72 bits per heavy atom. The molecule has 128 valence electrons. The van der Waals surface area contributed by atoms with Gasteiger partial charge in [-0.1, -0.05) is 29.8 Å². The van der Waals surface area contributed by atoms with Crippen LogP contribution >= 0.6 is 35.2 Å². The van der Waals surface area contributed by atoms with Gasteiger partial charge in [0.25, 0.3) is 0 Å². The van der Waals surface area contributed by atoms with Gasteiger partial charge in [-0.25, -0.2) is 0 Å². The number of thiocarbonyl (C=S) groups is 1. The van der Waals surface area contributed by atoms with E-state index in [1.807, 2.05) is 64.7 Å².